The van der Waals surface area contributed by atoms with Crippen molar-refractivity contribution in [3.63, 3.8) is 0 Å². The van der Waals surface area contributed by atoms with Crippen molar-refractivity contribution in [3.05, 3.63) is 89.1 Å². The molecule has 0 spiro atoms. The standard InChI is InChI=1S/C39H45F3N4O4/c1-24-34(28-9-7-8-10-30(28)43-24)35-29(37(35,2)3)22-33(47)46(23-25-11-13-26(14-12-25)39(40,41)42)38(17-19-45(4)20-18-38)36(48)44-31-16-15-27(49-5)21-32(31)50-6/h7-16,21,29,35,43H,17-20,22-23H2,1-6H3,(H,44,48)/t29-,35+/m0/s1. The van der Waals surface area contributed by atoms with Crippen LogP contribution in [-0.4, -0.2) is 66.5 Å². The summed E-state index contributed by atoms with van der Waals surface area (Å²) >= 11 is 0. The monoisotopic (exact) mass is 690 g/mol. The molecule has 8 nitrogen and oxygen atoms in total. The number of ether oxygens (including phenoxy) is 2. The van der Waals surface area contributed by atoms with E-state index in [0.717, 1.165) is 28.7 Å². The van der Waals surface area contributed by atoms with E-state index in [-0.39, 0.29) is 42.0 Å². The predicted molar refractivity (Wildman–Crippen MR) is 187 cm³/mol. The van der Waals surface area contributed by atoms with Crippen LogP contribution in [0.5, 0.6) is 11.5 Å². The summed E-state index contributed by atoms with van der Waals surface area (Å²) in [5.41, 5.74) is 2.03. The zero-order chi connectivity index (χ0) is 36.0. The van der Waals surface area contributed by atoms with Crippen LogP contribution in [-0.2, 0) is 22.3 Å². The molecule has 11 heteroatoms. The number of methoxy groups -OCH3 is 2. The zero-order valence-electron chi connectivity index (χ0n) is 29.4. The van der Waals surface area contributed by atoms with E-state index in [1.54, 1.807) is 23.1 Å². The van der Waals surface area contributed by atoms with E-state index in [9.17, 15) is 22.8 Å². The molecule has 1 saturated heterocycles. The normalized spacial score (nSPS) is 19.9. The third kappa shape index (κ3) is 6.55. The molecule has 1 aliphatic carbocycles. The molecule has 266 valence electrons. The van der Waals surface area contributed by atoms with Crippen molar-refractivity contribution in [2.45, 2.75) is 64.2 Å². The van der Waals surface area contributed by atoms with Crippen molar-refractivity contribution in [1.82, 2.24) is 14.8 Å². The summed E-state index contributed by atoms with van der Waals surface area (Å²) in [6, 6.07) is 18.1. The highest BCUT2D eigenvalue weighted by atomic mass is 19.4. The number of H-pyrrole nitrogens is 1. The molecule has 0 radical (unpaired) electrons. The Morgan fingerprint density at radius 3 is 2.32 bits per heavy atom. The summed E-state index contributed by atoms with van der Waals surface area (Å²) in [6.45, 7) is 7.49. The van der Waals surface area contributed by atoms with Crippen LogP contribution in [0, 0.1) is 18.3 Å². The first kappa shape index (κ1) is 35.3. The second-order valence-electron chi connectivity index (χ2n) is 14.3. The van der Waals surface area contributed by atoms with E-state index in [2.05, 4.69) is 42.0 Å². The number of amides is 2. The quantitative estimate of drug-likeness (QED) is 0.178. The Kier molecular flexibility index (Phi) is 9.41. The number of fused-ring (bicyclic) bond motifs is 1. The highest BCUT2D eigenvalue weighted by molar-refractivity contribution is 6.01. The third-order valence-corrected chi connectivity index (χ3v) is 11.0. The van der Waals surface area contributed by atoms with E-state index in [1.807, 2.05) is 25.2 Å². The first-order valence-electron chi connectivity index (χ1n) is 17.0. The van der Waals surface area contributed by atoms with Crippen molar-refractivity contribution < 1.29 is 32.2 Å². The number of likely N-dealkylation sites (tertiary alicyclic amines) is 1. The van der Waals surface area contributed by atoms with Gasteiger partial charge in [-0.05, 0) is 85.5 Å². The van der Waals surface area contributed by atoms with Crippen LogP contribution in [0.1, 0.15) is 61.4 Å². The Labute approximate surface area is 290 Å². The van der Waals surface area contributed by atoms with Gasteiger partial charge < -0.3 is 29.6 Å². The molecule has 4 aromatic rings. The summed E-state index contributed by atoms with van der Waals surface area (Å²) in [7, 11) is 5.01. The van der Waals surface area contributed by atoms with E-state index in [0.29, 0.717) is 48.7 Å². The molecule has 2 fully saturated rings. The van der Waals surface area contributed by atoms with Crippen LogP contribution in [0.3, 0.4) is 0 Å². The molecule has 6 rings (SSSR count). The Bertz CT molecular complexity index is 1880. The Morgan fingerprint density at radius 1 is 1.00 bits per heavy atom. The first-order chi connectivity index (χ1) is 23.7. The third-order valence-electron chi connectivity index (χ3n) is 11.0. The lowest BCUT2D eigenvalue weighted by molar-refractivity contribution is -0.150. The number of para-hydroxylation sites is 1. The lowest BCUT2D eigenvalue weighted by atomic mass is 9.83. The largest absolute Gasteiger partial charge is 0.497 e. The molecule has 0 unspecified atom stereocenters. The fourth-order valence-electron chi connectivity index (χ4n) is 7.90. The molecule has 3 aromatic carbocycles. The molecule has 1 aliphatic heterocycles. The molecule has 2 atom stereocenters. The first-order valence-corrected chi connectivity index (χ1v) is 17.0. The summed E-state index contributed by atoms with van der Waals surface area (Å²) in [4.78, 5) is 36.7. The number of carbonyl (C=O) groups excluding carboxylic acids is 2. The zero-order valence-corrected chi connectivity index (χ0v) is 29.4. The topological polar surface area (TPSA) is 86.9 Å². The molecule has 2 heterocycles. The number of hydrogen-bond acceptors (Lipinski definition) is 5. The van der Waals surface area contributed by atoms with Gasteiger partial charge in [-0.1, -0.05) is 44.2 Å². The number of aromatic amines is 1. The summed E-state index contributed by atoms with van der Waals surface area (Å²) in [6.07, 6.45) is -3.61. The summed E-state index contributed by atoms with van der Waals surface area (Å²) in [5, 5.41) is 4.19. The summed E-state index contributed by atoms with van der Waals surface area (Å²) in [5.74, 6) is 0.494. The van der Waals surface area contributed by atoms with E-state index in [1.165, 1.54) is 31.9 Å². The maximum Gasteiger partial charge on any atom is 0.416 e. The van der Waals surface area contributed by atoms with Gasteiger partial charge in [0.1, 0.15) is 17.0 Å². The fourth-order valence-corrected chi connectivity index (χ4v) is 7.90. The predicted octanol–water partition coefficient (Wildman–Crippen LogP) is 7.77. The molecule has 2 aliphatic rings. The average Bonchev–Trinajstić information content (AvgIpc) is 3.43. The SMILES string of the molecule is COc1ccc(NC(=O)C2(N(Cc3ccc(C(F)(F)F)cc3)C(=O)C[C@H]3[C@H](c4c(C)[nH]c5ccccc45)C3(C)C)CCN(C)CC2)c(OC)c1. The van der Waals surface area contributed by atoms with Crippen LogP contribution in [0.2, 0.25) is 0 Å². The maximum atomic E-state index is 14.8. The van der Waals surface area contributed by atoms with Gasteiger partial charge in [0.05, 0.1) is 25.5 Å². The number of hydrogen-bond donors (Lipinski definition) is 2. The molecule has 2 amide bonds. The highest BCUT2D eigenvalue weighted by Gasteiger charge is 2.61. The highest BCUT2D eigenvalue weighted by Crippen LogP contribution is 2.67. The Hall–Kier alpha value is -4.51. The van der Waals surface area contributed by atoms with Crippen molar-refractivity contribution in [2.75, 3.05) is 39.7 Å². The number of nitrogens with zero attached hydrogens (tertiary/aromatic N) is 2. The van der Waals surface area contributed by atoms with Gasteiger partial charge in [-0.15, -0.1) is 0 Å². The lowest BCUT2D eigenvalue weighted by Gasteiger charge is -2.47. The Balaban J connectivity index is 1.37. The van der Waals surface area contributed by atoms with Crippen LogP contribution in [0.25, 0.3) is 10.9 Å². The van der Waals surface area contributed by atoms with Gasteiger partial charge in [0.2, 0.25) is 5.91 Å². The number of nitrogens with one attached hydrogen (secondary N) is 2. The number of benzene rings is 3. The second kappa shape index (κ2) is 13.3. The number of anilines is 1. The van der Waals surface area contributed by atoms with E-state index in [4.69, 9.17) is 9.47 Å². The molecular weight excluding hydrogens is 645 g/mol. The van der Waals surface area contributed by atoms with Crippen LogP contribution in [0.15, 0.2) is 66.7 Å². The van der Waals surface area contributed by atoms with Crippen molar-refractivity contribution in [1.29, 1.82) is 0 Å². The smallest absolute Gasteiger partial charge is 0.416 e. The minimum atomic E-state index is -4.49. The van der Waals surface area contributed by atoms with Crippen molar-refractivity contribution >= 4 is 28.4 Å². The lowest BCUT2D eigenvalue weighted by Crippen LogP contribution is -2.62. The minimum Gasteiger partial charge on any atom is -0.497 e. The van der Waals surface area contributed by atoms with Gasteiger partial charge in [0.15, 0.2) is 0 Å². The van der Waals surface area contributed by atoms with Gasteiger partial charge in [0, 0.05) is 48.7 Å². The van der Waals surface area contributed by atoms with Gasteiger partial charge >= 0.3 is 6.18 Å². The van der Waals surface area contributed by atoms with E-state index < -0.39 is 17.3 Å². The van der Waals surface area contributed by atoms with Gasteiger partial charge in [-0.2, -0.15) is 13.2 Å². The molecule has 50 heavy (non-hydrogen) atoms. The molecule has 2 N–H and O–H groups in total. The number of aryl methyl sites for hydroxylation is 1. The number of rotatable bonds is 10. The van der Waals surface area contributed by atoms with Crippen LogP contribution < -0.4 is 14.8 Å². The number of halogens is 3. The molecule has 0 bridgehead atoms. The van der Waals surface area contributed by atoms with Crippen LogP contribution in [0.4, 0.5) is 18.9 Å². The molecule has 1 saturated carbocycles. The maximum absolute atomic E-state index is 14.8. The van der Waals surface area contributed by atoms with Gasteiger partial charge in [-0.3, -0.25) is 9.59 Å². The fraction of sp³-hybridized carbons (Fsp3) is 0.436. The minimum absolute atomic E-state index is 0.00364. The number of carbonyl (C=O) groups is 2. The van der Waals surface area contributed by atoms with Crippen molar-refractivity contribution in [3.8, 4) is 11.5 Å². The number of piperidine rings is 1. The molecule has 1 aromatic heterocycles. The van der Waals surface area contributed by atoms with Gasteiger partial charge in [-0.25, -0.2) is 0 Å². The van der Waals surface area contributed by atoms with E-state index >= 15 is 0 Å². The number of alkyl halides is 3. The van der Waals surface area contributed by atoms with Crippen molar-refractivity contribution in [2.24, 2.45) is 11.3 Å². The summed E-state index contributed by atoms with van der Waals surface area (Å²) < 4.78 is 51.3. The Morgan fingerprint density at radius 2 is 1.68 bits per heavy atom. The van der Waals surface area contributed by atoms with Gasteiger partial charge in [0.25, 0.3) is 5.91 Å². The molecular formula is C39H45F3N4O4. The number of aromatic nitrogens is 1. The average molecular weight is 691 g/mol. The second-order valence-corrected chi connectivity index (χ2v) is 14.3. The van der Waals surface area contributed by atoms with Crippen LogP contribution >= 0.6 is 0 Å².